The molecule has 0 fully saturated rings. The number of aromatic nitrogens is 1. The summed E-state index contributed by atoms with van der Waals surface area (Å²) in [4.78, 5) is 4.65. The van der Waals surface area contributed by atoms with E-state index in [2.05, 4.69) is 37.5 Å². The molecule has 0 radical (unpaired) electrons. The number of nitrogens with zero attached hydrogens (tertiary/aromatic N) is 1. The Hall–Kier alpha value is -0.740. The number of unbranched alkanes of at least 4 members (excludes halogenated alkanes) is 2. The first kappa shape index (κ1) is 14.7. The molecule has 0 saturated heterocycles. The van der Waals surface area contributed by atoms with E-state index in [1.807, 2.05) is 12.1 Å². The molecule has 2 nitrogen and oxygen atoms in total. The van der Waals surface area contributed by atoms with Crippen molar-refractivity contribution in [2.24, 2.45) is 0 Å². The minimum absolute atomic E-state index is 0.352. The summed E-state index contributed by atoms with van der Waals surface area (Å²) in [6.07, 6.45) is 4.49. The molecule has 2 aromatic rings. The van der Waals surface area contributed by atoms with E-state index in [4.69, 9.17) is 4.74 Å². The number of benzene rings is 1. The van der Waals surface area contributed by atoms with Gasteiger partial charge in [0.15, 0.2) is 0 Å². The van der Waals surface area contributed by atoms with E-state index in [1.165, 1.54) is 17.5 Å². The molecule has 0 aliphatic carbocycles. The Kier molecular flexibility index (Phi) is 5.52. The molecule has 0 bridgehead atoms. The summed E-state index contributed by atoms with van der Waals surface area (Å²) >= 11 is 6.17. The normalized spacial score (nSPS) is 12.8. The van der Waals surface area contributed by atoms with E-state index in [1.54, 1.807) is 11.3 Å². The number of hydrogen-bond donors (Lipinski definition) is 1. The topological polar surface area (TPSA) is 22.1 Å². The summed E-state index contributed by atoms with van der Waals surface area (Å²) < 4.78 is 6.98. The molecule has 104 valence electrons. The van der Waals surface area contributed by atoms with E-state index in [0.29, 0.717) is 5.25 Å². The molecule has 2 rings (SSSR count). The van der Waals surface area contributed by atoms with Crippen LogP contribution in [0.25, 0.3) is 10.2 Å². The molecule has 1 unspecified atom stereocenters. The maximum Gasteiger partial charge on any atom is 0.121 e. The smallest absolute Gasteiger partial charge is 0.121 e. The monoisotopic (exact) mass is 295 g/mol. The van der Waals surface area contributed by atoms with Gasteiger partial charge in [-0.2, -0.15) is 12.6 Å². The number of hydrogen-bond acceptors (Lipinski definition) is 4. The maximum atomic E-state index is 5.76. The van der Waals surface area contributed by atoms with Crippen molar-refractivity contribution in [1.82, 2.24) is 4.98 Å². The average molecular weight is 295 g/mol. The van der Waals surface area contributed by atoms with Crippen LogP contribution in [0.15, 0.2) is 18.2 Å². The molecule has 0 spiro atoms. The maximum absolute atomic E-state index is 5.76. The van der Waals surface area contributed by atoms with Gasteiger partial charge in [0, 0.05) is 17.7 Å². The van der Waals surface area contributed by atoms with Crippen LogP contribution in [0.4, 0.5) is 0 Å². The van der Waals surface area contributed by atoms with E-state index < -0.39 is 0 Å². The third kappa shape index (κ3) is 4.39. The molecule has 1 aromatic heterocycles. The van der Waals surface area contributed by atoms with Crippen LogP contribution in [-0.2, 0) is 6.42 Å². The Balaban J connectivity index is 2.03. The van der Waals surface area contributed by atoms with Gasteiger partial charge in [0.05, 0.1) is 21.8 Å². The van der Waals surface area contributed by atoms with Crippen LogP contribution in [-0.4, -0.2) is 16.8 Å². The highest BCUT2D eigenvalue weighted by Crippen LogP contribution is 2.27. The summed E-state index contributed by atoms with van der Waals surface area (Å²) in [6.45, 7) is 5.09. The Morgan fingerprint density at radius 2 is 2.21 bits per heavy atom. The van der Waals surface area contributed by atoms with Gasteiger partial charge < -0.3 is 4.74 Å². The molecular weight excluding hydrogens is 274 g/mol. The lowest BCUT2D eigenvalue weighted by molar-refractivity contribution is 0.306. The van der Waals surface area contributed by atoms with E-state index in [-0.39, 0.29) is 0 Å². The molecule has 1 atom stereocenters. The summed E-state index contributed by atoms with van der Waals surface area (Å²) in [6, 6.07) is 6.19. The molecule has 19 heavy (non-hydrogen) atoms. The number of fused-ring (bicyclic) bond motifs is 1. The molecule has 1 aromatic carbocycles. The lowest BCUT2D eigenvalue weighted by Gasteiger charge is -2.04. The largest absolute Gasteiger partial charge is 0.494 e. The summed E-state index contributed by atoms with van der Waals surface area (Å²) in [7, 11) is 0. The van der Waals surface area contributed by atoms with E-state index in [0.717, 1.165) is 35.7 Å². The molecule has 0 aliphatic heterocycles. The van der Waals surface area contributed by atoms with Crippen LogP contribution in [0, 0.1) is 0 Å². The number of ether oxygens (including phenoxy) is 1. The van der Waals surface area contributed by atoms with Gasteiger partial charge in [0.2, 0.25) is 0 Å². The van der Waals surface area contributed by atoms with Gasteiger partial charge in [0.25, 0.3) is 0 Å². The second-order valence-electron chi connectivity index (χ2n) is 4.85. The van der Waals surface area contributed by atoms with Gasteiger partial charge in [0.1, 0.15) is 5.75 Å². The predicted octanol–water partition coefficient (Wildman–Crippen LogP) is 4.73. The van der Waals surface area contributed by atoms with Crippen molar-refractivity contribution in [3.8, 4) is 5.75 Å². The predicted molar refractivity (Wildman–Crippen MR) is 86.8 cm³/mol. The van der Waals surface area contributed by atoms with Gasteiger partial charge in [-0.3, -0.25) is 0 Å². The van der Waals surface area contributed by atoms with E-state index >= 15 is 0 Å². The fourth-order valence-corrected chi connectivity index (χ4v) is 3.30. The van der Waals surface area contributed by atoms with Crippen molar-refractivity contribution in [3.63, 3.8) is 0 Å². The molecule has 1 heterocycles. The molecule has 4 heteroatoms. The second kappa shape index (κ2) is 7.15. The standard InChI is InChI=1S/C15H21NOS2/c1-3-4-5-8-17-12-6-7-14-13(10-12)16-15(19-14)9-11(2)18/h6-7,10-11,18H,3-5,8-9H2,1-2H3. The Labute approximate surface area is 124 Å². The number of thiol groups is 1. The third-order valence-electron chi connectivity index (χ3n) is 2.89. The Morgan fingerprint density at radius 3 is 2.95 bits per heavy atom. The molecule has 0 saturated carbocycles. The summed E-state index contributed by atoms with van der Waals surface area (Å²) in [5.74, 6) is 0.930. The van der Waals surface area contributed by atoms with E-state index in [9.17, 15) is 0 Å². The lowest BCUT2D eigenvalue weighted by Crippen LogP contribution is -1.97. The van der Waals surface area contributed by atoms with Crippen molar-refractivity contribution in [3.05, 3.63) is 23.2 Å². The first-order valence-electron chi connectivity index (χ1n) is 6.89. The van der Waals surface area contributed by atoms with Gasteiger partial charge in [-0.05, 0) is 18.6 Å². The van der Waals surface area contributed by atoms with Crippen LogP contribution in [0.2, 0.25) is 0 Å². The molecule has 0 amide bonds. The fraction of sp³-hybridized carbons (Fsp3) is 0.533. The van der Waals surface area contributed by atoms with Crippen molar-refractivity contribution < 1.29 is 4.74 Å². The van der Waals surface area contributed by atoms with Crippen molar-refractivity contribution in [2.45, 2.75) is 44.8 Å². The second-order valence-corrected chi connectivity index (χ2v) is 6.84. The van der Waals surface area contributed by atoms with Crippen LogP contribution in [0.5, 0.6) is 5.75 Å². The quantitative estimate of drug-likeness (QED) is 0.589. The van der Waals surface area contributed by atoms with Crippen LogP contribution in [0.1, 0.15) is 38.1 Å². The Morgan fingerprint density at radius 1 is 1.37 bits per heavy atom. The SMILES string of the molecule is CCCCCOc1ccc2sc(CC(C)S)nc2c1. The summed E-state index contributed by atoms with van der Waals surface area (Å²) in [5, 5.41) is 1.51. The third-order valence-corrected chi connectivity index (χ3v) is 4.13. The zero-order chi connectivity index (χ0) is 13.7. The fourth-order valence-electron chi connectivity index (χ4n) is 1.93. The van der Waals surface area contributed by atoms with Crippen LogP contribution >= 0.6 is 24.0 Å². The van der Waals surface area contributed by atoms with Crippen molar-refractivity contribution >= 4 is 34.2 Å². The highest BCUT2D eigenvalue weighted by molar-refractivity contribution is 7.80. The Bertz CT molecular complexity index is 522. The molecular formula is C15H21NOS2. The first-order valence-corrected chi connectivity index (χ1v) is 8.22. The highest BCUT2D eigenvalue weighted by Gasteiger charge is 2.07. The number of rotatable bonds is 7. The molecule has 0 N–H and O–H groups in total. The van der Waals surface area contributed by atoms with Crippen molar-refractivity contribution in [1.29, 1.82) is 0 Å². The van der Waals surface area contributed by atoms with Gasteiger partial charge in [-0.25, -0.2) is 4.98 Å². The zero-order valence-corrected chi connectivity index (χ0v) is 13.3. The highest BCUT2D eigenvalue weighted by atomic mass is 32.1. The van der Waals surface area contributed by atoms with Gasteiger partial charge in [-0.1, -0.05) is 26.7 Å². The molecule has 0 aliphatic rings. The number of thiazole rings is 1. The summed E-state index contributed by atoms with van der Waals surface area (Å²) in [5.41, 5.74) is 1.04. The van der Waals surface area contributed by atoms with Gasteiger partial charge >= 0.3 is 0 Å². The van der Waals surface area contributed by atoms with Crippen molar-refractivity contribution in [2.75, 3.05) is 6.61 Å². The lowest BCUT2D eigenvalue weighted by atomic mass is 10.2. The van der Waals surface area contributed by atoms with Crippen LogP contribution < -0.4 is 4.74 Å². The average Bonchev–Trinajstić information content (AvgIpc) is 2.75. The minimum Gasteiger partial charge on any atom is -0.494 e. The van der Waals surface area contributed by atoms with Crippen LogP contribution in [0.3, 0.4) is 0 Å². The first-order chi connectivity index (χ1) is 9.19. The van der Waals surface area contributed by atoms with Gasteiger partial charge in [-0.15, -0.1) is 11.3 Å². The minimum atomic E-state index is 0.352. The zero-order valence-electron chi connectivity index (χ0n) is 11.6.